The fraction of sp³-hybridized carbons (Fsp3) is 0.429. The number of benzene rings is 2. The number of unbranched alkanes of at least 4 members (excludes halogenated alkanes) is 1. The number of anilines is 2. The van der Waals surface area contributed by atoms with Crippen LogP contribution in [0.3, 0.4) is 0 Å². The van der Waals surface area contributed by atoms with E-state index in [0.717, 1.165) is 65.9 Å². The average molecular weight is 623 g/mol. The van der Waals surface area contributed by atoms with E-state index >= 15 is 0 Å². The number of nitrogens with zero attached hydrogens (tertiary/aromatic N) is 5. The van der Waals surface area contributed by atoms with Gasteiger partial charge in [0.2, 0.25) is 5.91 Å². The van der Waals surface area contributed by atoms with Crippen LogP contribution < -0.4 is 38.7 Å². The summed E-state index contributed by atoms with van der Waals surface area (Å²) < 4.78 is 6.01. The van der Waals surface area contributed by atoms with Crippen LogP contribution in [0.1, 0.15) is 44.4 Å². The molecule has 5 rings (SSSR count). The quantitative estimate of drug-likeness (QED) is 0.151. The van der Waals surface area contributed by atoms with Gasteiger partial charge in [0, 0.05) is 55.4 Å². The molecule has 11 heteroatoms. The van der Waals surface area contributed by atoms with Crippen LogP contribution in [0.5, 0.6) is 11.8 Å². The van der Waals surface area contributed by atoms with Gasteiger partial charge in [0.05, 0.1) is 18.8 Å². The molecular weight excluding hydrogens is 575 g/mol. The Balaban J connectivity index is 0.000000841. The van der Waals surface area contributed by atoms with Gasteiger partial charge in [0.25, 0.3) is 0 Å². The summed E-state index contributed by atoms with van der Waals surface area (Å²) in [5, 5.41) is 15.7. The van der Waals surface area contributed by atoms with Gasteiger partial charge in [-0.15, -0.1) is 6.54 Å². The number of amides is 1. The molecule has 2 aliphatic heterocycles. The number of aromatic hydroxyl groups is 1. The number of phenols is 1. The normalized spacial score (nSPS) is 13.7. The number of hydrogen-bond acceptors (Lipinski definition) is 9. The Kier molecular flexibility index (Phi) is 17.2. The Morgan fingerprint density at radius 1 is 1.13 bits per heavy atom. The largest absolute Gasteiger partial charge is 1.00 e. The number of nitrogens with one attached hydrogen (secondary N) is 1. The molecule has 0 aliphatic carbocycles. The molecule has 3 aromatic rings. The maximum absolute atomic E-state index is 12.1. The van der Waals surface area contributed by atoms with Gasteiger partial charge in [-0.2, -0.15) is 23.3 Å². The van der Waals surface area contributed by atoms with E-state index in [1.807, 2.05) is 29.2 Å². The van der Waals surface area contributed by atoms with Crippen molar-refractivity contribution in [3.63, 3.8) is 0 Å². The number of carbonyl (C=O) groups excluding carboxylic acids is 2. The number of fused-ring (bicyclic) bond motifs is 2. The first-order valence-corrected chi connectivity index (χ1v) is 15.6. The van der Waals surface area contributed by atoms with Crippen molar-refractivity contribution >= 4 is 34.5 Å². The van der Waals surface area contributed by atoms with Gasteiger partial charge in [-0.3, -0.25) is 11.1 Å². The van der Waals surface area contributed by atoms with Gasteiger partial charge < -0.3 is 48.5 Å². The van der Waals surface area contributed by atoms with Crippen LogP contribution >= 0.6 is 0 Å². The zero-order valence-electron chi connectivity index (χ0n) is 27.8. The third kappa shape index (κ3) is 10.8. The molecule has 0 unspecified atom stereocenters. The van der Waals surface area contributed by atoms with Gasteiger partial charge in [0.15, 0.2) is 0 Å². The van der Waals surface area contributed by atoms with Gasteiger partial charge in [-0.05, 0) is 36.9 Å². The standard InChI is InChI=1S/C29H35N6O3.C4H9.C2H3O.Li/c1-3-27(37)33-13-15-34(16-14-33)28-24-10-12-35(26-19-22(36)18-21-8-5-6-9-23(21)26)20-25(24)31-29(32-28)38-17-7-11-30-4-2;1-3-4-2;1-2-3;/h3,5-6,8-9,18-19,30,36H,1-2,4,7,10-17,20H2;1,3-4H2,2H3;1H3;/q3*-1;+1. The van der Waals surface area contributed by atoms with Crippen molar-refractivity contribution in [2.45, 2.75) is 46.1 Å². The van der Waals surface area contributed by atoms with Gasteiger partial charge in [0.1, 0.15) is 11.6 Å². The number of aromatic nitrogens is 2. The molecule has 2 aliphatic rings. The Morgan fingerprint density at radius 2 is 1.83 bits per heavy atom. The van der Waals surface area contributed by atoms with Crippen LogP contribution in [-0.2, 0) is 22.6 Å². The molecule has 244 valence electrons. The van der Waals surface area contributed by atoms with Crippen LogP contribution in [0.15, 0.2) is 49.1 Å². The zero-order chi connectivity index (χ0) is 32.6. The van der Waals surface area contributed by atoms with Crippen LogP contribution in [0.4, 0.5) is 11.5 Å². The molecule has 0 atom stereocenters. The first kappa shape index (κ1) is 38.6. The first-order valence-electron chi connectivity index (χ1n) is 15.6. The Bertz CT molecular complexity index is 1400. The third-order valence-corrected chi connectivity index (χ3v) is 7.51. The van der Waals surface area contributed by atoms with Crippen molar-refractivity contribution in [1.29, 1.82) is 0 Å². The SMILES string of the molecule is C=CC(=O)N1CCN(c2nc(OCCCNC[CH2-])nc3c2CCN(c2cc(O)cc4ccccc24)C3)CC1.C[C-]=O.[CH2-]CCC.[Li+]. The number of phenolic OH excluding ortho intramolecular Hbond substituents is 1. The van der Waals surface area contributed by atoms with Crippen LogP contribution in [0, 0.1) is 13.8 Å². The number of carbonyl (C=O) groups is 1. The van der Waals surface area contributed by atoms with E-state index in [4.69, 9.17) is 19.5 Å². The Morgan fingerprint density at radius 3 is 2.48 bits per heavy atom. The molecule has 0 spiro atoms. The Labute approximate surface area is 286 Å². The molecule has 1 amide bonds. The summed E-state index contributed by atoms with van der Waals surface area (Å²) in [6, 6.07) is 12.1. The second kappa shape index (κ2) is 20.5. The first-order chi connectivity index (χ1) is 21.9. The van der Waals surface area contributed by atoms with Gasteiger partial charge >= 0.3 is 24.9 Å². The molecule has 2 aromatic carbocycles. The monoisotopic (exact) mass is 622 g/mol. The molecule has 46 heavy (non-hydrogen) atoms. The number of ether oxygens (including phenoxy) is 1. The van der Waals surface area contributed by atoms with E-state index in [9.17, 15) is 9.90 Å². The van der Waals surface area contributed by atoms with Crippen molar-refractivity contribution in [1.82, 2.24) is 20.2 Å². The van der Waals surface area contributed by atoms with E-state index in [1.165, 1.54) is 25.7 Å². The second-order valence-corrected chi connectivity index (χ2v) is 10.6. The predicted octanol–water partition coefficient (Wildman–Crippen LogP) is 1.67. The molecule has 0 bridgehead atoms. The summed E-state index contributed by atoms with van der Waals surface area (Å²) in [6.45, 7) is 20.5. The smallest absolute Gasteiger partial charge is 0.542 e. The molecule has 0 radical (unpaired) electrons. The minimum absolute atomic E-state index is 0. The molecule has 1 aromatic heterocycles. The van der Waals surface area contributed by atoms with Crippen molar-refractivity contribution < 1.29 is 38.3 Å². The molecule has 0 saturated carbocycles. The Hall–Kier alpha value is -3.58. The van der Waals surface area contributed by atoms with Crippen molar-refractivity contribution in [3.05, 3.63) is 74.2 Å². The topological polar surface area (TPSA) is 111 Å². The molecule has 10 nitrogen and oxygen atoms in total. The van der Waals surface area contributed by atoms with Crippen molar-refractivity contribution in [2.75, 3.05) is 62.2 Å². The third-order valence-electron chi connectivity index (χ3n) is 7.51. The van der Waals surface area contributed by atoms with E-state index in [2.05, 4.69) is 48.5 Å². The van der Waals surface area contributed by atoms with Crippen LogP contribution in [0.2, 0.25) is 0 Å². The second-order valence-electron chi connectivity index (χ2n) is 10.6. The van der Waals surface area contributed by atoms with E-state index in [-0.39, 0.29) is 30.5 Å². The van der Waals surface area contributed by atoms with Crippen molar-refractivity contribution in [3.8, 4) is 11.8 Å². The summed E-state index contributed by atoms with van der Waals surface area (Å²) in [4.78, 5) is 36.8. The maximum Gasteiger partial charge on any atom is 1.00 e. The summed E-state index contributed by atoms with van der Waals surface area (Å²) >= 11 is 0. The fourth-order valence-electron chi connectivity index (χ4n) is 5.21. The zero-order valence-corrected chi connectivity index (χ0v) is 27.8. The number of piperazine rings is 1. The van der Waals surface area contributed by atoms with Gasteiger partial charge in [-0.25, -0.2) is 0 Å². The minimum atomic E-state index is -0.0386. The average Bonchev–Trinajstić information content (AvgIpc) is 3.07. The van der Waals surface area contributed by atoms with Gasteiger partial charge in [-0.1, -0.05) is 44.2 Å². The van der Waals surface area contributed by atoms with Crippen molar-refractivity contribution in [2.24, 2.45) is 0 Å². The summed E-state index contributed by atoms with van der Waals surface area (Å²) in [7, 11) is 0. The van der Waals surface area contributed by atoms with Crippen LogP contribution in [0.25, 0.3) is 10.8 Å². The predicted molar refractivity (Wildman–Crippen MR) is 181 cm³/mol. The fourth-order valence-corrected chi connectivity index (χ4v) is 5.21. The van der Waals surface area contributed by atoms with E-state index in [1.54, 1.807) is 6.07 Å². The molecule has 3 heterocycles. The van der Waals surface area contributed by atoms with E-state index in [0.29, 0.717) is 51.9 Å². The number of hydrogen-bond donors (Lipinski definition) is 2. The number of rotatable bonds is 10. The van der Waals surface area contributed by atoms with E-state index < -0.39 is 0 Å². The summed E-state index contributed by atoms with van der Waals surface area (Å²) in [5.74, 6) is 1.11. The molecule has 2 N–H and O–H groups in total. The molecule has 1 fully saturated rings. The summed E-state index contributed by atoms with van der Waals surface area (Å²) in [5.41, 5.74) is 3.05. The van der Waals surface area contributed by atoms with Crippen LogP contribution in [-0.4, -0.2) is 84.6 Å². The maximum atomic E-state index is 12.1. The molecule has 1 saturated heterocycles. The summed E-state index contributed by atoms with van der Waals surface area (Å²) in [6.07, 6.45) is 6.75. The molecular formula is C35H47LiN6O4-2. The minimum Gasteiger partial charge on any atom is -0.542 e.